The SMILES string of the molecule is CC(C)(C)C1=CCN(S(=O)(=O)c2ccccc2CO)CC1. The van der Waals surface area contributed by atoms with Gasteiger partial charge in [0.2, 0.25) is 10.0 Å². The van der Waals surface area contributed by atoms with Crippen LogP contribution in [0, 0.1) is 5.41 Å². The molecule has 0 atom stereocenters. The molecule has 1 heterocycles. The molecular formula is C16H23NO3S. The summed E-state index contributed by atoms with van der Waals surface area (Å²) in [6.45, 7) is 7.05. The van der Waals surface area contributed by atoms with Crippen LogP contribution in [0.5, 0.6) is 0 Å². The molecule has 0 spiro atoms. The number of sulfonamides is 1. The molecule has 0 saturated carbocycles. The highest BCUT2D eigenvalue weighted by Crippen LogP contribution is 2.32. The van der Waals surface area contributed by atoms with E-state index in [1.165, 1.54) is 9.88 Å². The van der Waals surface area contributed by atoms with Gasteiger partial charge in [0.1, 0.15) is 0 Å². The summed E-state index contributed by atoms with van der Waals surface area (Å²) in [6, 6.07) is 6.63. The van der Waals surface area contributed by atoms with E-state index >= 15 is 0 Å². The van der Waals surface area contributed by atoms with Crippen LogP contribution in [-0.4, -0.2) is 30.9 Å². The predicted octanol–water partition coefficient (Wildman–Crippen LogP) is 2.55. The molecule has 1 N–H and O–H groups in total. The summed E-state index contributed by atoms with van der Waals surface area (Å²) in [5.41, 5.74) is 1.83. The Morgan fingerprint density at radius 3 is 2.43 bits per heavy atom. The van der Waals surface area contributed by atoms with Gasteiger partial charge < -0.3 is 5.11 Å². The number of hydrogen-bond acceptors (Lipinski definition) is 3. The van der Waals surface area contributed by atoms with Gasteiger partial charge in [-0.2, -0.15) is 4.31 Å². The third-order valence-corrected chi connectivity index (χ3v) is 5.86. The molecule has 0 aliphatic carbocycles. The van der Waals surface area contributed by atoms with Gasteiger partial charge >= 0.3 is 0 Å². The van der Waals surface area contributed by atoms with Gasteiger partial charge in [-0.15, -0.1) is 0 Å². The highest BCUT2D eigenvalue weighted by atomic mass is 32.2. The van der Waals surface area contributed by atoms with Crippen molar-refractivity contribution in [3.05, 3.63) is 41.5 Å². The van der Waals surface area contributed by atoms with Crippen LogP contribution >= 0.6 is 0 Å². The van der Waals surface area contributed by atoms with Gasteiger partial charge in [0.15, 0.2) is 0 Å². The highest BCUT2D eigenvalue weighted by molar-refractivity contribution is 7.89. The van der Waals surface area contributed by atoms with E-state index < -0.39 is 10.0 Å². The molecule has 5 heteroatoms. The van der Waals surface area contributed by atoms with Crippen LogP contribution in [-0.2, 0) is 16.6 Å². The van der Waals surface area contributed by atoms with Crippen LogP contribution in [0.25, 0.3) is 0 Å². The lowest BCUT2D eigenvalue weighted by atomic mass is 9.83. The Hall–Kier alpha value is -1.17. The Balaban J connectivity index is 2.29. The van der Waals surface area contributed by atoms with Crippen LogP contribution in [0.15, 0.2) is 40.8 Å². The first-order valence-electron chi connectivity index (χ1n) is 7.15. The molecule has 1 aliphatic heterocycles. The Bertz CT molecular complexity index is 642. The second kappa shape index (κ2) is 5.91. The van der Waals surface area contributed by atoms with Gasteiger partial charge in [0.05, 0.1) is 11.5 Å². The first-order valence-corrected chi connectivity index (χ1v) is 8.59. The number of hydrogen-bond donors (Lipinski definition) is 1. The second-order valence-corrected chi connectivity index (χ2v) is 8.26. The smallest absolute Gasteiger partial charge is 0.243 e. The summed E-state index contributed by atoms with van der Waals surface area (Å²) in [7, 11) is -3.54. The average molecular weight is 309 g/mol. The minimum Gasteiger partial charge on any atom is -0.392 e. The third kappa shape index (κ3) is 3.36. The molecular weight excluding hydrogens is 286 g/mol. The molecule has 21 heavy (non-hydrogen) atoms. The van der Waals surface area contributed by atoms with E-state index in [4.69, 9.17) is 0 Å². The molecule has 0 saturated heterocycles. The van der Waals surface area contributed by atoms with Gasteiger partial charge in [0.25, 0.3) is 0 Å². The molecule has 1 aromatic rings. The number of nitrogens with zero attached hydrogens (tertiary/aromatic N) is 1. The molecule has 0 amide bonds. The van der Waals surface area contributed by atoms with Crippen LogP contribution in [0.4, 0.5) is 0 Å². The summed E-state index contributed by atoms with van der Waals surface area (Å²) < 4.78 is 26.9. The number of rotatable bonds is 3. The molecule has 0 fully saturated rings. The van der Waals surface area contributed by atoms with Gasteiger partial charge in [-0.1, -0.05) is 50.6 Å². The van der Waals surface area contributed by atoms with E-state index in [2.05, 4.69) is 20.8 Å². The lowest BCUT2D eigenvalue weighted by Crippen LogP contribution is -2.36. The van der Waals surface area contributed by atoms with Crippen molar-refractivity contribution in [2.75, 3.05) is 13.1 Å². The van der Waals surface area contributed by atoms with E-state index in [9.17, 15) is 13.5 Å². The fourth-order valence-electron chi connectivity index (χ4n) is 2.58. The van der Waals surface area contributed by atoms with Crippen molar-refractivity contribution in [2.45, 2.75) is 38.7 Å². The molecule has 0 unspecified atom stereocenters. The van der Waals surface area contributed by atoms with Crippen molar-refractivity contribution in [1.82, 2.24) is 4.31 Å². The van der Waals surface area contributed by atoms with Crippen molar-refractivity contribution in [2.24, 2.45) is 5.41 Å². The van der Waals surface area contributed by atoms with Crippen molar-refractivity contribution in [3.63, 3.8) is 0 Å². The standard InChI is InChI=1S/C16H23NO3S/c1-16(2,3)14-8-10-17(11-9-14)21(19,20)15-7-5-4-6-13(15)12-18/h4-8,18H,9-12H2,1-3H3. The lowest BCUT2D eigenvalue weighted by molar-refractivity contribution is 0.278. The summed E-state index contributed by atoms with van der Waals surface area (Å²) >= 11 is 0. The van der Waals surface area contributed by atoms with Gasteiger partial charge in [0, 0.05) is 13.1 Å². The molecule has 1 aromatic carbocycles. The van der Waals surface area contributed by atoms with E-state index in [-0.39, 0.29) is 16.9 Å². The average Bonchev–Trinajstić information content (AvgIpc) is 2.46. The van der Waals surface area contributed by atoms with Crippen LogP contribution < -0.4 is 0 Å². The predicted molar refractivity (Wildman–Crippen MR) is 83.3 cm³/mol. The Morgan fingerprint density at radius 2 is 1.90 bits per heavy atom. The largest absolute Gasteiger partial charge is 0.392 e. The quantitative estimate of drug-likeness (QED) is 0.873. The van der Waals surface area contributed by atoms with Crippen LogP contribution in [0.1, 0.15) is 32.8 Å². The van der Waals surface area contributed by atoms with Crippen LogP contribution in [0.2, 0.25) is 0 Å². The fourth-order valence-corrected chi connectivity index (χ4v) is 4.17. The summed E-state index contributed by atoms with van der Waals surface area (Å²) in [4.78, 5) is 0.208. The topological polar surface area (TPSA) is 57.6 Å². The number of benzene rings is 1. The molecule has 0 aromatic heterocycles. The molecule has 116 valence electrons. The number of aliphatic hydroxyl groups excluding tert-OH is 1. The van der Waals surface area contributed by atoms with Gasteiger partial charge in [-0.3, -0.25) is 0 Å². The van der Waals surface area contributed by atoms with E-state index in [0.717, 1.165) is 6.42 Å². The Labute approximate surface area is 127 Å². The van der Waals surface area contributed by atoms with E-state index in [1.807, 2.05) is 6.08 Å². The maximum Gasteiger partial charge on any atom is 0.243 e. The monoisotopic (exact) mass is 309 g/mol. The number of aliphatic hydroxyl groups is 1. The Kier molecular flexibility index (Phi) is 4.56. The van der Waals surface area contributed by atoms with Gasteiger partial charge in [-0.25, -0.2) is 8.42 Å². The summed E-state index contributed by atoms with van der Waals surface area (Å²) in [6.07, 6.45) is 2.77. The normalized spacial score (nSPS) is 17.6. The minimum absolute atomic E-state index is 0.0822. The molecule has 1 aliphatic rings. The zero-order valence-corrected chi connectivity index (χ0v) is 13.7. The van der Waals surface area contributed by atoms with Crippen molar-refractivity contribution >= 4 is 10.0 Å². The minimum atomic E-state index is -3.54. The Morgan fingerprint density at radius 1 is 1.24 bits per heavy atom. The van der Waals surface area contributed by atoms with Crippen molar-refractivity contribution in [1.29, 1.82) is 0 Å². The molecule has 4 nitrogen and oxygen atoms in total. The maximum absolute atomic E-state index is 12.7. The molecule has 0 radical (unpaired) electrons. The summed E-state index contributed by atoms with van der Waals surface area (Å²) in [5, 5.41) is 9.33. The zero-order valence-electron chi connectivity index (χ0n) is 12.8. The second-order valence-electron chi connectivity index (χ2n) is 6.36. The first-order chi connectivity index (χ1) is 9.76. The zero-order chi connectivity index (χ0) is 15.7. The first kappa shape index (κ1) is 16.2. The molecule has 0 bridgehead atoms. The van der Waals surface area contributed by atoms with E-state index in [0.29, 0.717) is 18.7 Å². The third-order valence-electron chi connectivity index (χ3n) is 3.90. The lowest BCUT2D eigenvalue weighted by Gasteiger charge is -2.31. The maximum atomic E-state index is 12.7. The van der Waals surface area contributed by atoms with Crippen molar-refractivity contribution in [3.8, 4) is 0 Å². The summed E-state index contributed by atoms with van der Waals surface area (Å²) in [5.74, 6) is 0. The fraction of sp³-hybridized carbons (Fsp3) is 0.500. The van der Waals surface area contributed by atoms with Gasteiger partial charge in [-0.05, 0) is 23.5 Å². The van der Waals surface area contributed by atoms with Crippen molar-refractivity contribution < 1.29 is 13.5 Å². The van der Waals surface area contributed by atoms with Crippen LogP contribution in [0.3, 0.4) is 0 Å². The molecule has 2 rings (SSSR count). The van der Waals surface area contributed by atoms with E-state index in [1.54, 1.807) is 24.3 Å². The highest BCUT2D eigenvalue weighted by Gasteiger charge is 2.30.